The summed E-state index contributed by atoms with van der Waals surface area (Å²) in [5.41, 5.74) is 0. The zero-order valence-corrected chi connectivity index (χ0v) is 5.45. The van der Waals surface area contributed by atoms with Crippen LogP contribution in [0.5, 0.6) is 0 Å². The first-order valence-electron chi connectivity index (χ1n) is 3.70. The van der Waals surface area contributed by atoms with E-state index in [0.29, 0.717) is 6.10 Å². The van der Waals surface area contributed by atoms with Crippen molar-refractivity contribution in [2.75, 3.05) is 0 Å². The van der Waals surface area contributed by atoms with Gasteiger partial charge in [0.05, 0.1) is 12.0 Å². The number of epoxide rings is 1. The second-order valence-corrected chi connectivity index (χ2v) is 3.28. The van der Waals surface area contributed by atoms with E-state index in [1.54, 1.807) is 0 Å². The molecule has 0 N–H and O–H groups in total. The van der Waals surface area contributed by atoms with Crippen LogP contribution in [0.3, 0.4) is 0 Å². The molecule has 1 aliphatic carbocycles. The van der Waals surface area contributed by atoms with Crippen LogP contribution in [0, 0.1) is 5.92 Å². The van der Waals surface area contributed by atoms with E-state index in [4.69, 9.17) is 9.47 Å². The molecule has 2 bridgehead atoms. The highest BCUT2D eigenvalue weighted by Crippen LogP contribution is 2.45. The molecule has 0 amide bonds. The minimum atomic E-state index is 0.000741. The van der Waals surface area contributed by atoms with Gasteiger partial charge < -0.3 is 9.47 Å². The zero-order valence-electron chi connectivity index (χ0n) is 5.45. The molecule has 0 aromatic heterocycles. The van der Waals surface area contributed by atoms with Crippen molar-refractivity contribution in [1.29, 1.82) is 0 Å². The molecular weight excluding hydrogens is 132 g/mol. The Morgan fingerprint density at radius 2 is 2.10 bits per heavy atom. The lowest BCUT2D eigenvalue weighted by Gasteiger charge is -2.07. The summed E-state index contributed by atoms with van der Waals surface area (Å²) in [6, 6.07) is 0. The van der Waals surface area contributed by atoms with Crippen LogP contribution in [-0.2, 0) is 14.3 Å². The van der Waals surface area contributed by atoms with E-state index < -0.39 is 0 Å². The lowest BCUT2D eigenvalue weighted by atomic mass is 9.90. The maximum Gasteiger partial charge on any atom is 0.309 e. The Hall–Kier alpha value is -0.570. The van der Waals surface area contributed by atoms with E-state index in [2.05, 4.69) is 0 Å². The molecule has 0 aromatic carbocycles. The SMILES string of the molecule is O=C1OC2CC1CC1OC21. The normalized spacial score (nSPS) is 55.8. The summed E-state index contributed by atoms with van der Waals surface area (Å²) < 4.78 is 10.4. The van der Waals surface area contributed by atoms with Crippen molar-refractivity contribution in [3.63, 3.8) is 0 Å². The number of carbonyl (C=O) groups excluding carboxylic acids is 1. The van der Waals surface area contributed by atoms with Gasteiger partial charge in [0.15, 0.2) is 0 Å². The molecule has 2 heterocycles. The Labute approximate surface area is 58.3 Å². The Morgan fingerprint density at radius 1 is 1.30 bits per heavy atom. The molecule has 4 atom stereocenters. The highest BCUT2D eigenvalue weighted by Gasteiger charge is 2.57. The van der Waals surface area contributed by atoms with Gasteiger partial charge in [0.1, 0.15) is 12.2 Å². The summed E-state index contributed by atoms with van der Waals surface area (Å²) in [5.74, 6) is 0.162. The van der Waals surface area contributed by atoms with Gasteiger partial charge in [0.2, 0.25) is 0 Å². The van der Waals surface area contributed by atoms with Crippen LogP contribution in [0.25, 0.3) is 0 Å². The van der Waals surface area contributed by atoms with Gasteiger partial charge in [-0.3, -0.25) is 4.79 Å². The summed E-state index contributed by atoms with van der Waals surface area (Å²) in [6.45, 7) is 0. The Kier molecular flexibility index (Phi) is 0.703. The summed E-state index contributed by atoms with van der Waals surface area (Å²) in [6.07, 6.45) is 2.54. The van der Waals surface area contributed by atoms with Crippen molar-refractivity contribution >= 4 is 5.97 Å². The lowest BCUT2D eigenvalue weighted by Crippen LogP contribution is -2.20. The first-order chi connectivity index (χ1) is 4.84. The van der Waals surface area contributed by atoms with Gasteiger partial charge in [0, 0.05) is 6.42 Å². The summed E-state index contributed by atoms with van der Waals surface area (Å²) >= 11 is 0. The highest BCUT2D eigenvalue weighted by atomic mass is 16.6. The number of carbonyl (C=O) groups is 1. The van der Waals surface area contributed by atoms with Gasteiger partial charge in [-0.25, -0.2) is 0 Å². The van der Waals surface area contributed by atoms with Crippen LogP contribution in [-0.4, -0.2) is 24.3 Å². The zero-order chi connectivity index (χ0) is 6.72. The molecule has 3 heteroatoms. The molecular formula is C7H8O3. The van der Waals surface area contributed by atoms with Crippen molar-refractivity contribution in [2.45, 2.75) is 31.2 Å². The molecule has 3 nitrogen and oxygen atoms in total. The van der Waals surface area contributed by atoms with Gasteiger partial charge in [-0.1, -0.05) is 0 Å². The quantitative estimate of drug-likeness (QED) is 0.353. The fourth-order valence-electron chi connectivity index (χ4n) is 2.02. The molecule has 2 aliphatic heterocycles. The first kappa shape index (κ1) is 5.13. The smallest absolute Gasteiger partial charge is 0.309 e. The van der Waals surface area contributed by atoms with Gasteiger partial charge in [-0.15, -0.1) is 0 Å². The van der Waals surface area contributed by atoms with Crippen LogP contribution in [0.15, 0.2) is 0 Å². The van der Waals surface area contributed by atoms with Crippen molar-refractivity contribution in [2.24, 2.45) is 5.92 Å². The van der Waals surface area contributed by atoms with E-state index in [1.807, 2.05) is 0 Å². The number of hydrogen-bond donors (Lipinski definition) is 0. The average Bonchev–Trinajstić information content (AvgIpc) is 2.59. The van der Waals surface area contributed by atoms with E-state index >= 15 is 0 Å². The van der Waals surface area contributed by atoms with Crippen LogP contribution < -0.4 is 0 Å². The highest BCUT2D eigenvalue weighted by molar-refractivity contribution is 5.75. The minimum Gasteiger partial charge on any atom is -0.459 e. The molecule has 2 saturated heterocycles. The van der Waals surface area contributed by atoms with Gasteiger partial charge in [-0.2, -0.15) is 0 Å². The molecule has 10 heavy (non-hydrogen) atoms. The van der Waals surface area contributed by atoms with Crippen LogP contribution >= 0.6 is 0 Å². The fraction of sp³-hybridized carbons (Fsp3) is 0.857. The number of rotatable bonds is 0. The predicted molar refractivity (Wildman–Crippen MR) is 31.3 cm³/mol. The van der Waals surface area contributed by atoms with Gasteiger partial charge in [-0.05, 0) is 6.42 Å². The lowest BCUT2D eigenvalue weighted by molar-refractivity contribution is -0.144. The van der Waals surface area contributed by atoms with E-state index in [-0.39, 0.29) is 24.1 Å². The van der Waals surface area contributed by atoms with Crippen LogP contribution in [0.1, 0.15) is 12.8 Å². The predicted octanol–water partition coefficient (Wildman–Crippen LogP) is 0.0892. The molecule has 54 valence electrons. The Balaban J connectivity index is 1.94. The number of ether oxygens (including phenoxy) is 2. The summed E-state index contributed by atoms with van der Waals surface area (Å²) in [7, 11) is 0. The topological polar surface area (TPSA) is 38.8 Å². The van der Waals surface area contributed by atoms with Crippen LogP contribution in [0.2, 0.25) is 0 Å². The van der Waals surface area contributed by atoms with E-state index in [0.717, 1.165) is 12.8 Å². The Bertz CT molecular complexity index is 199. The maximum atomic E-state index is 10.9. The van der Waals surface area contributed by atoms with Crippen molar-refractivity contribution < 1.29 is 14.3 Å². The third kappa shape index (κ3) is 0.475. The molecule has 0 aromatic rings. The van der Waals surface area contributed by atoms with E-state index in [1.165, 1.54) is 0 Å². The second-order valence-electron chi connectivity index (χ2n) is 3.28. The van der Waals surface area contributed by atoms with Crippen LogP contribution in [0.4, 0.5) is 0 Å². The summed E-state index contributed by atoms with van der Waals surface area (Å²) in [4.78, 5) is 10.9. The molecule has 3 rings (SSSR count). The fourth-order valence-corrected chi connectivity index (χ4v) is 2.02. The second kappa shape index (κ2) is 1.37. The maximum absolute atomic E-state index is 10.9. The molecule has 3 fully saturated rings. The van der Waals surface area contributed by atoms with Crippen molar-refractivity contribution in [3.8, 4) is 0 Å². The van der Waals surface area contributed by atoms with E-state index in [9.17, 15) is 4.79 Å². The number of fused-ring (bicyclic) bond motifs is 4. The standard InChI is InChI=1S/C7H8O3/c8-7-3-1-4-6(9-4)5(2-3)10-7/h3-6H,1-2H2. The molecule has 0 radical (unpaired) electrons. The van der Waals surface area contributed by atoms with Crippen molar-refractivity contribution in [1.82, 2.24) is 0 Å². The minimum absolute atomic E-state index is 0.000741. The number of hydrogen-bond acceptors (Lipinski definition) is 3. The van der Waals surface area contributed by atoms with Gasteiger partial charge >= 0.3 is 5.97 Å². The molecule has 0 spiro atoms. The van der Waals surface area contributed by atoms with Crippen molar-refractivity contribution in [3.05, 3.63) is 0 Å². The van der Waals surface area contributed by atoms with Gasteiger partial charge in [0.25, 0.3) is 0 Å². The Morgan fingerprint density at radius 3 is 3.00 bits per heavy atom. The molecule has 4 unspecified atom stereocenters. The molecule has 3 aliphatic rings. The molecule has 1 saturated carbocycles. The largest absolute Gasteiger partial charge is 0.459 e. The third-order valence-electron chi connectivity index (χ3n) is 2.62. The first-order valence-corrected chi connectivity index (χ1v) is 3.70. The monoisotopic (exact) mass is 140 g/mol. The number of esters is 1. The summed E-state index contributed by atoms with van der Waals surface area (Å²) in [5, 5.41) is 0. The average molecular weight is 140 g/mol. The third-order valence-corrected chi connectivity index (χ3v) is 2.62.